The van der Waals surface area contributed by atoms with Crippen LogP contribution in [0.5, 0.6) is 0 Å². The zero-order valence-corrected chi connectivity index (χ0v) is 8.96. The lowest BCUT2D eigenvalue weighted by Gasteiger charge is -2.09. The number of aliphatic hydroxyl groups excluding tert-OH is 1. The molecule has 14 heavy (non-hydrogen) atoms. The molecule has 0 aliphatic carbocycles. The van der Waals surface area contributed by atoms with Gasteiger partial charge in [-0.15, -0.1) is 0 Å². The van der Waals surface area contributed by atoms with Crippen LogP contribution in [-0.2, 0) is 10.8 Å². The monoisotopic (exact) mass is 210 g/mol. The van der Waals surface area contributed by atoms with Crippen molar-refractivity contribution in [1.29, 1.82) is 0 Å². The lowest BCUT2D eigenvalue weighted by molar-refractivity contribution is 0.235. The SMILES string of the molecule is C=C(C)[C@H](O)C[S@@](=O)c1ccccc1. The summed E-state index contributed by atoms with van der Waals surface area (Å²) in [5, 5.41) is 9.47. The molecule has 0 aliphatic rings. The van der Waals surface area contributed by atoms with E-state index in [4.69, 9.17) is 0 Å². The molecule has 0 saturated heterocycles. The Morgan fingerprint density at radius 1 is 1.50 bits per heavy atom. The second kappa shape index (κ2) is 5.08. The van der Waals surface area contributed by atoms with Crippen LogP contribution in [0.1, 0.15) is 6.92 Å². The molecule has 0 unspecified atom stereocenters. The van der Waals surface area contributed by atoms with Gasteiger partial charge >= 0.3 is 0 Å². The number of hydrogen-bond acceptors (Lipinski definition) is 2. The van der Waals surface area contributed by atoms with Gasteiger partial charge in [-0.25, -0.2) is 0 Å². The summed E-state index contributed by atoms with van der Waals surface area (Å²) in [6, 6.07) is 9.12. The van der Waals surface area contributed by atoms with Crippen LogP contribution in [0.3, 0.4) is 0 Å². The molecule has 0 amide bonds. The van der Waals surface area contributed by atoms with E-state index in [1.165, 1.54) is 0 Å². The Balaban J connectivity index is 2.64. The molecule has 76 valence electrons. The predicted molar refractivity (Wildman–Crippen MR) is 58.5 cm³/mol. The smallest absolute Gasteiger partial charge is 0.0863 e. The third-order valence-electron chi connectivity index (χ3n) is 1.88. The quantitative estimate of drug-likeness (QED) is 0.768. The molecule has 0 bridgehead atoms. The fourth-order valence-electron chi connectivity index (χ4n) is 0.954. The third-order valence-corrected chi connectivity index (χ3v) is 3.30. The number of benzene rings is 1. The first-order valence-electron chi connectivity index (χ1n) is 4.38. The molecule has 0 aliphatic heterocycles. The Morgan fingerprint density at radius 2 is 2.07 bits per heavy atom. The van der Waals surface area contributed by atoms with Gasteiger partial charge in [0.1, 0.15) is 0 Å². The van der Waals surface area contributed by atoms with E-state index < -0.39 is 16.9 Å². The van der Waals surface area contributed by atoms with Gasteiger partial charge < -0.3 is 5.11 Å². The Bertz CT molecular complexity index is 332. The molecule has 0 heterocycles. The first kappa shape index (κ1) is 11.1. The molecule has 0 fully saturated rings. The van der Waals surface area contributed by atoms with Crippen LogP contribution in [0.2, 0.25) is 0 Å². The first-order chi connectivity index (χ1) is 6.61. The topological polar surface area (TPSA) is 37.3 Å². The highest BCUT2D eigenvalue weighted by Crippen LogP contribution is 2.09. The number of rotatable bonds is 4. The Hall–Kier alpha value is -0.930. The van der Waals surface area contributed by atoms with Crippen LogP contribution < -0.4 is 0 Å². The van der Waals surface area contributed by atoms with Crippen LogP contribution in [0, 0.1) is 0 Å². The average molecular weight is 210 g/mol. The minimum atomic E-state index is -1.14. The lowest BCUT2D eigenvalue weighted by atomic mass is 10.2. The summed E-state index contributed by atoms with van der Waals surface area (Å²) in [7, 11) is -1.14. The van der Waals surface area contributed by atoms with Crippen molar-refractivity contribution in [3.63, 3.8) is 0 Å². The van der Waals surface area contributed by atoms with E-state index in [0.717, 1.165) is 4.90 Å². The summed E-state index contributed by atoms with van der Waals surface area (Å²) in [4.78, 5) is 0.743. The summed E-state index contributed by atoms with van der Waals surface area (Å²) >= 11 is 0. The van der Waals surface area contributed by atoms with Gasteiger partial charge in [-0.2, -0.15) is 0 Å². The van der Waals surface area contributed by atoms with Crippen molar-refractivity contribution >= 4 is 10.8 Å². The lowest BCUT2D eigenvalue weighted by Crippen LogP contribution is -2.17. The zero-order chi connectivity index (χ0) is 10.6. The zero-order valence-electron chi connectivity index (χ0n) is 8.14. The minimum absolute atomic E-state index is 0.222. The van der Waals surface area contributed by atoms with Gasteiger partial charge in [0, 0.05) is 4.90 Å². The molecule has 3 heteroatoms. The van der Waals surface area contributed by atoms with Crippen molar-refractivity contribution in [2.75, 3.05) is 5.75 Å². The van der Waals surface area contributed by atoms with Gasteiger partial charge in [0.15, 0.2) is 0 Å². The molecule has 1 rings (SSSR count). The molecule has 0 radical (unpaired) electrons. The highest BCUT2D eigenvalue weighted by Gasteiger charge is 2.10. The van der Waals surface area contributed by atoms with Crippen LogP contribution in [-0.4, -0.2) is 21.2 Å². The first-order valence-corrected chi connectivity index (χ1v) is 5.70. The maximum absolute atomic E-state index is 11.7. The van der Waals surface area contributed by atoms with Crippen LogP contribution in [0.4, 0.5) is 0 Å². The van der Waals surface area contributed by atoms with Crippen molar-refractivity contribution in [1.82, 2.24) is 0 Å². The predicted octanol–water partition coefficient (Wildman–Crippen LogP) is 1.73. The van der Waals surface area contributed by atoms with E-state index in [1.54, 1.807) is 19.1 Å². The van der Waals surface area contributed by atoms with E-state index in [-0.39, 0.29) is 5.75 Å². The Kier molecular flexibility index (Phi) is 4.04. The van der Waals surface area contributed by atoms with Gasteiger partial charge in [0.25, 0.3) is 0 Å². The minimum Gasteiger partial charge on any atom is -0.388 e. The summed E-state index contributed by atoms with van der Waals surface area (Å²) in [5.74, 6) is 0.222. The standard InChI is InChI=1S/C11H14O2S/c1-9(2)11(12)8-14(13)10-6-4-3-5-7-10/h3-7,11-12H,1,8H2,2H3/t11-,14-/m1/s1. The molecule has 0 saturated carbocycles. The van der Waals surface area contributed by atoms with Gasteiger partial charge in [0.05, 0.1) is 22.7 Å². The highest BCUT2D eigenvalue weighted by molar-refractivity contribution is 7.85. The molecular weight excluding hydrogens is 196 g/mol. The molecule has 2 nitrogen and oxygen atoms in total. The van der Waals surface area contributed by atoms with E-state index >= 15 is 0 Å². The highest BCUT2D eigenvalue weighted by atomic mass is 32.2. The second-order valence-electron chi connectivity index (χ2n) is 3.19. The fourth-order valence-corrected chi connectivity index (χ4v) is 2.18. The molecule has 0 spiro atoms. The van der Waals surface area contributed by atoms with Gasteiger partial charge in [-0.05, 0) is 19.1 Å². The van der Waals surface area contributed by atoms with E-state index in [2.05, 4.69) is 6.58 Å². The molecule has 1 aromatic carbocycles. The Morgan fingerprint density at radius 3 is 2.57 bits per heavy atom. The molecule has 1 aromatic rings. The van der Waals surface area contributed by atoms with E-state index in [0.29, 0.717) is 5.57 Å². The van der Waals surface area contributed by atoms with Gasteiger partial charge in [0.2, 0.25) is 0 Å². The Labute approximate surface area is 86.7 Å². The average Bonchev–Trinajstić information content (AvgIpc) is 2.19. The van der Waals surface area contributed by atoms with Crippen LogP contribution in [0.15, 0.2) is 47.4 Å². The molecular formula is C11H14O2S. The molecule has 0 aromatic heterocycles. The summed E-state index contributed by atoms with van der Waals surface area (Å²) in [5.41, 5.74) is 0.647. The maximum atomic E-state index is 11.7. The van der Waals surface area contributed by atoms with Crippen molar-refractivity contribution in [2.24, 2.45) is 0 Å². The summed E-state index contributed by atoms with van der Waals surface area (Å²) < 4.78 is 11.7. The maximum Gasteiger partial charge on any atom is 0.0863 e. The molecule has 2 atom stereocenters. The normalized spacial score (nSPS) is 14.7. The summed E-state index contributed by atoms with van der Waals surface area (Å²) in [6.45, 7) is 5.35. The van der Waals surface area contributed by atoms with Crippen molar-refractivity contribution < 1.29 is 9.32 Å². The fraction of sp³-hybridized carbons (Fsp3) is 0.273. The largest absolute Gasteiger partial charge is 0.388 e. The number of hydrogen-bond donors (Lipinski definition) is 1. The van der Waals surface area contributed by atoms with Crippen molar-refractivity contribution in [3.8, 4) is 0 Å². The van der Waals surface area contributed by atoms with E-state index in [9.17, 15) is 9.32 Å². The van der Waals surface area contributed by atoms with Gasteiger partial charge in [-0.3, -0.25) is 4.21 Å². The van der Waals surface area contributed by atoms with Crippen LogP contribution in [0.25, 0.3) is 0 Å². The van der Waals surface area contributed by atoms with Crippen molar-refractivity contribution in [3.05, 3.63) is 42.5 Å². The van der Waals surface area contributed by atoms with Gasteiger partial charge in [-0.1, -0.05) is 30.4 Å². The van der Waals surface area contributed by atoms with Crippen molar-refractivity contribution in [2.45, 2.75) is 17.9 Å². The summed E-state index contributed by atoms with van der Waals surface area (Å²) in [6.07, 6.45) is -0.684. The van der Waals surface area contributed by atoms with Crippen LogP contribution >= 0.6 is 0 Å². The number of aliphatic hydroxyl groups is 1. The van der Waals surface area contributed by atoms with E-state index in [1.807, 2.05) is 18.2 Å². The molecule has 1 N–H and O–H groups in total. The third kappa shape index (κ3) is 3.09. The second-order valence-corrected chi connectivity index (χ2v) is 4.68.